The van der Waals surface area contributed by atoms with Crippen LogP contribution in [0.5, 0.6) is 0 Å². The van der Waals surface area contributed by atoms with Crippen molar-refractivity contribution in [3.05, 3.63) is 15.5 Å². The Morgan fingerprint density at radius 3 is 2.76 bits per heavy atom. The minimum Gasteiger partial charge on any atom is -0.368 e. The van der Waals surface area contributed by atoms with Crippen molar-refractivity contribution in [3.63, 3.8) is 0 Å². The molecule has 0 aromatic carbocycles. The zero-order chi connectivity index (χ0) is 12.3. The maximum Gasteiger partial charge on any atom is 0.237 e. The molecule has 0 saturated heterocycles. The molecule has 4 nitrogen and oxygen atoms in total. The van der Waals surface area contributed by atoms with Gasteiger partial charge in [-0.05, 0) is 12.8 Å². The fourth-order valence-corrected chi connectivity index (χ4v) is 3.20. The smallest absolute Gasteiger partial charge is 0.237 e. The van der Waals surface area contributed by atoms with Gasteiger partial charge in [-0.3, -0.25) is 10.1 Å². The van der Waals surface area contributed by atoms with Crippen LogP contribution in [0.3, 0.4) is 0 Å². The Kier molecular flexibility index (Phi) is 4.01. The van der Waals surface area contributed by atoms with Crippen LogP contribution in [0.1, 0.15) is 37.0 Å². The average Bonchev–Trinajstić information content (AvgIpc) is 2.74. The van der Waals surface area contributed by atoms with Gasteiger partial charge in [0.15, 0.2) is 4.47 Å². The molecule has 1 aliphatic rings. The van der Waals surface area contributed by atoms with Gasteiger partial charge >= 0.3 is 0 Å². The van der Waals surface area contributed by atoms with E-state index in [1.807, 2.05) is 0 Å². The number of carbonyl (C=O) groups is 1. The molecule has 94 valence electrons. The third-order valence-corrected chi connectivity index (χ3v) is 4.42. The second-order valence-corrected chi connectivity index (χ2v) is 6.14. The molecule has 0 bridgehead atoms. The van der Waals surface area contributed by atoms with Crippen LogP contribution < -0.4 is 11.1 Å². The molecule has 1 saturated carbocycles. The summed E-state index contributed by atoms with van der Waals surface area (Å²) in [6.07, 6.45) is 6.68. The van der Waals surface area contributed by atoms with Crippen molar-refractivity contribution < 1.29 is 4.79 Å². The van der Waals surface area contributed by atoms with E-state index >= 15 is 0 Å². The molecule has 1 fully saturated rings. The standard InChI is InChI=1S/C11H16ClN3OS/c12-10-14-6-8(17-10)7-15-11(9(13)16)4-2-1-3-5-11/h6,15H,1-5,7H2,(H2,13,16). The van der Waals surface area contributed by atoms with Crippen LogP contribution in [0.25, 0.3) is 0 Å². The lowest BCUT2D eigenvalue weighted by Gasteiger charge is -2.35. The molecule has 6 heteroatoms. The SMILES string of the molecule is NC(=O)C1(NCc2cnc(Cl)s2)CCCCC1. The quantitative estimate of drug-likeness (QED) is 0.882. The number of nitrogens with one attached hydrogen (secondary N) is 1. The number of carbonyl (C=O) groups excluding carboxylic acids is 1. The summed E-state index contributed by atoms with van der Waals surface area (Å²) in [5.74, 6) is -0.243. The molecule has 1 aromatic rings. The molecule has 0 spiro atoms. The molecular formula is C11H16ClN3OS. The highest BCUT2D eigenvalue weighted by Gasteiger charge is 2.37. The van der Waals surface area contributed by atoms with Gasteiger partial charge in [0.05, 0.1) is 5.54 Å². The van der Waals surface area contributed by atoms with E-state index in [2.05, 4.69) is 10.3 Å². The lowest BCUT2D eigenvalue weighted by atomic mass is 9.81. The van der Waals surface area contributed by atoms with Gasteiger partial charge in [-0.25, -0.2) is 4.98 Å². The van der Waals surface area contributed by atoms with Gasteiger partial charge in [-0.2, -0.15) is 0 Å². The van der Waals surface area contributed by atoms with E-state index < -0.39 is 5.54 Å². The third-order valence-electron chi connectivity index (χ3n) is 3.31. The molecule has 0 aliphatic heterocycles. The Morgan fingerprint density at radius 2 is 2.24 bits per heavy atom. The fraction of sp³-hybridized carbons (Fsp3) is 0.636. The van der Waals surface area contributed by atoms with Crippen molar-refractivity contribution in [2.75, 3.05) is 0 Å². The molecule has 2 rings (SSSR count). The van der Waals surface area contributed by atoms with Gasteiger partial charge in [0.1, 0.15) is 0 Å². The van der Waals surface area contributed by atoms with E-state index in [1.165, 1.54) is 17.8 Å². The molecular weight excluding hydrogens is 258 g/mol. The van der Waals surface area contributed by atoms with E-state index in [9.17, 15) is 4.79 Å². The minimum absolute atomic E-state index is 0.243. The number of halogens is 1. The Balaban J connectivity index is 2.00. The van der Waals surface area contributed by atoms with E-state index in [-0.39, 0.29) is 5.91 Å². The summed E-state index contributed by atoms with van der Waals surface area (Å²) in [5, 5.41) is 3.30. The molecule has 17 heavy (non-hydrogen) atoms. The van der Waals surface area contributed by atoms with Crippen molar-refractivity contribution in [3.8, 4) is 0 Å². The number of hydrogen-bond donors (Lipinski definition) is 2. The summed E-state index contributed by atoms with van der Waals surface area (Å²) < 4.78 is 0.526. The highest BCUT2D eigenvalue weighted by atomic mass is 35.5. The predicted molar refractivity (Wildman–Crippen MR) is 69.0 cm³/mol. The normalized spacial score (nSPS) is 19.1. The van der Waals surface area contributed by atoms with Crippen LogP contribution in [0.4, 0.5) is 0 Å². The first-order chi connectivity index (χ1) is 8.12. The summed E-state index contributed by atoms with van der Waals surface area (Å²) in [6.45, 7) is 0.604. The molecule has 0 atom stereocenters. The molecule has 1 aliphatic carbocycles. The summed E-state index contributed by atoms with van der Waals surface area (Å²) in [4.78, 5) is 16.6. The molecule has 1 heterocycles. The molecule has 0 unspecified atom stereocenters. The first-order valence-corrected chi connectivity index (χ1v) is 6.97. The van der Waals surface area contributed by atoms with Crippen molar-refractivity contribution in [1.29, 1.82) is 0 Å². The van der Waals surface area contributed by atoms with Gasteiger partial charge in [-0.15, -0.1) is 11.3 Å². The van der Waals surface area contributed by atoms with Gasteiger partial charge in [0.2, 0.25) is 5.91 Å². The highest BCUT2D eigenvalue weighted by molar-refractivity contribution is 7.15. The van der Waals surface area contributed by atoms with Crippen LogP contribution in [0, 0.1) is 0 Å². The van der Waals surface area contributed by atoms with Gasteiger partial charge in [0, 0.05) is 17.6 Å². The summed E-state index contributed by atoms with van der Waals surface area (Å²) in [6, 6.07) is 0. The zero-order valence-electron chi connectivity index (χ0n) is 9.54. The van der Waals surface area contributed by atoms with E-state index in [0.717, 1.165) is 30.6 Å². The van der Waals surface area contributed by atoms with Gasteiger partial charge in [-0.1, -0.05) is 30.9 Å². The van der Waals surface area contributed by atoms with Crippen molar-refractivity contribution in [2.45, 2.75) is 44.2 Å². The maximum absolute atomic E-state index is 11.6. The fourth-order valence-electron chi connectivity index (χ4n) is 2.29. The van der Waals surface area contributed by atoms with E-state index in [4.69, 9.17) is 17.3 Å². The number of rotatable bonds is 4. The molecule has 0 radical (unpaired) electrons. The number of hydrogen-bond acceptors (Lipinski definition) is 4. The van der Waals surface area contributed by atoms with E-state index in [0.29, 0.717) is 11.0 Å². The molecule has 1 aromatic heterocycles. The molecule has 3 N–H and O–H groups in total. The van der Waals surface area contributed by atoms with Crippen LogP contribution in [0.15, 0.2) is 6.20 Å². The number of primary amides is 1. The third kappa shape index (κ3) is 2.97. The largest absolute Gasteiger partial charge is 0.368 e. The summed E-state index contributed by atoms with van der Waals surface area (Å²) in [7, 11) is 0. The topological polar surface area (TPSA) is 68.0 Å². The van der Waals surface area contributed by atoms with Crippen LogP contribution in [0.2, 0.25) is 4.47 Å². The summed E-state index contributed by atoms with van der Waals surface area (Å²) >= 11 is 7.19. The lowest BCUT2D eigenvalue weighted by Crippen LogP contribution is -2.56. The Hall–Kier alpha value is -0.650. The summed E-state index contributed by atoms with van der Waals surface area (Å²) in [5.41, 5.74) is 5.00. The first kappa shape index (κ1) is 12.8. The monoisotopic (exact) mass is 273 g/mol. The highest BCUT2D eigenvalue weighted by Crippen LogP contribution is 2.29. The Bertz CT molecular complexity index is 401. The minimum atomic E-state index is -0.533. The van der Waals surface area contributed by atoms with Crippen LogP contribution in [-0.2, 0) is 11.3 Å². The number of nitrogens with two attached hydrogens (primary N) is 1. The zero-order valence-corrected chi connectivity index (χ0v) is 11.1. The van der Waals surface area contributed by atoms with Crippen LogP contribution in [-0.4, -0.2) is 16.4 Å². The van der Waals surface area contributed by atoms with Crippen molar-refractivity contribution in [1.82, 2.24) is 10.3 Å². The van der Waals surface area contributed by atoms with Gasteiger partial charge < -0.3 is 5.73 Å². The predicted octanol–water partition coefficient (Wildman–Crippen LogP) is 2.07. The second-order valence-electron chi connectivity index (χ2n) is 4.44. The first-order valence-electron chi connectivity index (χ1n) is 5.77. The van der Waals surface area contributed by atoms with Crippen molar-refractivity contribution in [2.24, 2.45) is 5.73 Å². The number of aromatic nitrogens is 1. The van der Waals surface area contributed by atoms with Crippen molar-refractivity contribution >= 4 is 28.8 Å². The molecule has 1 amide bonds. The number of amides is 1. The Morgan fingerprint density at radius 1 is 1.53 bits per heavy atom. The second kappa shape index (κ2) is 5.33. The van der Waals surface area contributed by atoms with Crippen LogP contribution >= 0.6 is 22.9 Å². The van der Waals surface area contributed by atoms with E-state index in [1.54, 1.807) is 6.20 Å². The van der Waals surface area contributed by atoms with Gasteiger partial charge in [0.25, 0.3) is 0 Å². The number of thiazole rings is 1. The average molecular weight is 274 g/mol. The number of nitrogens with zero attached hydrogens (tertiary/aromatic N) is 1. The maximum atomic E-state index is 11.6. The Labute approximate surface area is 110 Å². The lowest BCUT2D eigenvalue weighted by molar-refractivity contribution is -0.125.